The van der Waals surface area contributed by atoms with Crippen molar-refractivity contribution in [1.29, 1.82) is 0 Å². The average Bonchev–Trinajstić information content (AvgIpc) is 2.53. The van der Waals surface area contributed by atoms with E-state index in [1.54, 1.807) is 31.2 Å². The second-order valence-corrected chi connectivity index (χ2v) is 4.81. The van der Waals surface area contributed by atoms with Gasteiger partial charge in [-0.3, -0.25) is 0 Å². The maximum Gasteiger partial charge on any atom is 0.420 e. The zero-order chi connectivity index (χ0) is 16.9. The summed E-state index contributed by atoms with van der Waals surface area (Å²) in [7, 11) is 0. The Balaban J connectivity index is 2.35. The van der Waals surface area contributed by atoms with Crippen LogP contribution in [0.5, 0.6) is 5.75 Å². The van der Waals surface area contributed by atoms with Crippen LogP contribution in [0.15, 0.2) is 55.1 Å². The molecule has 0 radical (unpaired) electrons. The second kappa shape index (κ2) is 7.22. The molecule has 0 atom stereocenters. The number of halogens is 3. The van der Waals surface area contributed by atoms with Gasteiger partial charge in [-0.2, -0.15) is 13.2 Å². The fourth-order valence-corrected chi connectivity index (χ4v) is 2.16. The number of rotatable bonds is 6. The topological polar surface area (TPSA) is 18.5 Å². The lowest BCUT2D eigenvalue weighted by atomic mass is 10.0. The molecule has 2 nitrogen and oxygen atoms in total. The van der Waals surface area contributed by atoms with Crippen LogP contribution < -0.4 is 4.74 Å². The van der Waals surface area contributed by atoms with Crippen molar-refractivity contribution in [3.8, 4) is 5.75 Å². The zero-order valence-corrected chi connectivity index (χ0v) is 12.7. The molecular formula is C18H17F3O2. The first-order valence-corrected chi connectivity index (χ1v) is 7.12. The Labute approximate surface area is 133 Å². The summed E-state index contributed by atoms with van der Waals surface area (Å²) < 4.78 is 50.9. The normalized spacial score (nSPS) is 11.1. The van der Waals surface area contributed by atoms with Crippen LogP contribution in [0.25, 0.3) is 5.76 Å². The summed E-state index contributed by atoms with van der Waals surface area (Å²) in [4.78, 5) is 0. The molecule has 0 bridgehead atoms. The highest BCUT2D eigenvalue weighted by Gasteiger charge is 2.38. The molecule has 0 saturated carbocycles. The first kappa shape index (κ1) is 16.9. The molecule has 0 amide bonds. The number of hydrogen-bond acceptors (Lipinski definition) is 2. The van der Waals surface area contributed by atoms with Crippen LogP contribution in [0.2, 0.25) is 0 Å². The summed E-state index contributed by atoms with van der Waals surface area (Å²) in [5, 5.41) is 0. The molecule has 0 aromatic heterocycles. The van der Waals surface area contributed by atoms with Crippen molar-refractivity contribution in [2.24, 2.45) is 0 Å². The fourth-order valence-electron chi connectivity index (χ4n) is 2.16. The van der Waals surface area contributed by atoms with E-state index in [2.05, 4.69) is 6.58 Å². The molecule has 2 aromatic carbocycles. The van der Waals surface area contributed by atoms with Gasteiger partial charge in [0.25, 0.3) is 0 Å². The van der Waals surface area contributed by atoms with E-state index in [1.807, 2.05) is 6.07 Å². The van der Waals surface area contributed by atoms with Gasteiger partial charge in [-0.15, -0.1) is 0 Å². The smallest absolute Gasteiger partial charge is 0.420 e. The van der Waals surface area contributed by atoms with Gasteiger partial charge in [0.2, 0.25) is 0 Å². The molecule has 0 aliphatic rings. The van der Waals surface area contributed by atoms with Crippen molar-refractivity contribution in [3.63, 3.8) is 0 Å². The highest BCUT2D eigenvalue weighted by Crippen LogP contribution is 2.41. The third kappa shape index (κ3) is 4.28. The quantitative estimate of drug-likeness (QED) is 0.673. The van der Waals surface area contributed by atoms with Crippen molar-refractivity contribution in [2.45, 2.75) is 19.7 Å². The summed E-state index contributed by atoms with van der Waals surface area (Å²) in [6, 6.07) is 13.1. The van der Waals surface area contributed by atoms with E-state index in [1.165, 1.54) is 18.2 Å². The monoisotopic (exact) mass is 322 g/mol. The Morgan fingerprint density at radius 3 is 2.35 bits per heavy atom. The minimum atomic E-state index is -4.57. The van der Waals surface area contributed by atoms with Crippen LogP contribution >= 0.6 is 0 Å². The average molecular weight is 322 g/mol. The van der Waals surface area contributed by atoms with Crippen LogP contribution in [0.4, 0.5) is 13.2 Å². The molecule has 0 aliphatic heterocycles. The molecule has 122 valence electrons. The predicted octanol–water partition coefficient (Wildman–Crippen LogP) is 5.29. The summed E-state index contributed by atoms with van der Waals surface area (Å²) in [5.41, 5.74) is -0.186. The lowest BCUT2D eigenvalue weighted by Crippen LogP contribution is -2.12. The molecule has 0 fully saturated rings. The van der Waals surface area contributed by atoms with Gasteiger partial charge in [-0.05, 0) is 18.6 Å². The highest BCUT2D eigenvalue weighted by atomic mass is 19.4. The van der Waals surface area contributed by atoms with Gasteiger partial charge >= 0.3 is 6.18 Å². The second-order valence-electron chi connectivity index (χ2n) is 4.81. The van der Waals surface area contributed by atoms with Gasteiger partial charge < -0.3 is 9.47 Å². The van der Waals surface area contributed by atoms with E-state index in [-0.39, 0.29) is 30.3 Å². The van der Waals surface area contributed by atoms with Gasteiger partial charge in [0.15, 0.2) is 0 Å². The Bertz CT molecular complexity index is 664. The maximum absolute atomic E-state index is 13.5. The van der Waals surface area contributed by atoms with Crippen LogP contribution in [-0.4, -0.2) is 6.61 Å². The third-order valence-corrected chi connectivity index (χ3v) is 3.17. The number of alkyl halides is 3. The maximum atomic E-state index is 13.5. The summed E-state index contributed by atoms with van der Waals surface area (Å²) in [5.74, 6) is -0.260. The Hall–Kier alpha value is -2.43. The summed E-state index contributed by atoms with van der Waals surface area (Å²) in [6.45, 7) is 5.55. The number of ether oxygens (including phenoxy) is 2. The van der Waals surface area contributed by atoms with Crippen LogP contribution in [0.3, 0.4) is 0 Å². The highest BCUT2D eigenvalue weighted by molar-refractivity contribution is 5.65. The largest absolute Gasteiger partial charge is 0.494 e. The zero-order valence-electron chi connectivity index (χ0n) is 12.7. The molecule has 2 aromatic rings. The molecule has 0 spiro atoms. The first-order valence-electron chi connectivity index (χ1n) is 7.12. The van der Waals surface area contributed by atoms with Crippen molar-refractivity contribution >= 4 is 5.76 Å². The van der Waals surface area contributed by atoms with E-state index in [9.17, 15) is 13.2 Å². The van der Waals surface area contributed by atoms with Crippen molar-refractivity contribution < 1.29 is 22.6 Å². The minimum absolute atomic E-state index is 0.0232. The molecule has 0 aliphatic carbocycles. The first-order chi connectivity index (χ1) is 10.9. The van der Waals surface area contributed by atoms with Gasteiger partial charge in [-0.1, -0.05) is 49.0 Å². The molecule has 0 N–H and O–H groups in total. The summed E-state index contributed by atoms with van der Waals surface area (Å²) in [6.07, 6.45) is -4.57. The lowest BCUT2D eigenvalue weighted by molar-refractivity contribution is -0.139. The number of hydrogen-bond donors (Lipinski definition) is 0. The van der Waals surface area contributed by atoms with Crippen LogP contribution in [-0.2, 0) is 17.5 Å². The molecule has 23 heavy (non-hydrogen) atoms. The van der Waals surface area contributed by atoms with Gasteiger partial charge in [0, 0.05) is 5.56 Å². The molecule has 5 heteroatoms. The van der Waals surface area contributed by atoms with E-state index in [0.717, 1.165) is 5.56 Å². The van der Waals surface area contributed by atoms with E-state index in [4.69, 9.17) is 9.47 Å². The van der Waals surface area contributed by atoms with E-state index >= 15 is 0 Å². The molecule has 0 heterocycles. The van der Waals surface area contributed by atoms with Crippen molar-refractivity contribution in [2.75, 3.05) is 6.61 Å². The molecular weight excluding hydrogens is 305 g/mol. The van der Waals surface area contributed by atoms with Gasteiger partial charge in [-0.25, -0.2) is 0 Å². The Kier molecular flexibility index (Phi) is 5.32. The molecule has 0 unspecified atom stereocenters. The third-order valence-electron chi connectivity index (χ3n) is 3.17. The number of benzene rings is 2. The Morgan fingerprint density at radius 2 is 1.74 bits per heavy atom. The van der Waals surface area contributed by atoms with E-state index in [0.29, 0.717) is 0 Å². The van der Waals surface area contributed by atoms with Crippen LogP contribution in [0, 0.1) is 0 Å². The summed E-state index contributed by atoms with van der Waals surface area (Å²) >= 11 is 0. The fraction of sp³-hybridized carbons (Fsp3) is 0.222. The van der Waals surface area contributed by atoms with Gasteiger partial charge in [0.05, 0.1) is 6.61 Å². The molecule has 2 rings (SSSR count). The standard InChI is InChI=1S/C18H17F3O2/c1-3-22-13(2)15-10-7-11-16(17(15)18(19,20)21)23-12-14-8-5-4-6-9-14/h4-11H,2-3,12H2,1H3. The van der Waals surface area contributed by atoms with Crippen LogP contribution in [0.1, 0.15) is 23.6 Å². The Morgan fingerprint density at radius 1 is 1.04 bits per heavy atom. The van der Waals surface area contributed by atoms with Crippen molar-refractivity contribution in [3.05, 3.63) is 71.8 Å². The van der Waals surface area contributed by atoms with Gasteiger partial charge in [0.1, 0.15) is 23.7 Å². The SMILES string of the molecule is C=C(OCC)c1cccc(OCc2ccccc2)c1C(F)(F)F. The van der Waals surface area contributed by atoms with E-state index < -0.39 is 11.7 Å². The molecule has 0 saturated heterocycles. The van der Waals surface area contributed by atoms with Crippen molar-refractivity contribution in [1.82, 2.24) is 0 Å². The predicted molar refractivity (Wildman–Crippen MR) is 82.9 cm³/mol. The minimum Gasteiger partial charge on any atom is -0.494 e. The lowest BCUT2D eigenvalue weighted by Gasteiger charge is -2.19.